The van der Waals surface area contributed by atoms with Gasteiger partial charge in [0.25, 0.3) is 0 Å². The van der Waals surface area contributed by atoms with Gasteiger partial charge in [0.15, 0.2) is 0 Å². The van der Waals surface area contributed by atoms with Crippen LogP contribution in [0, 0.1) is 13.8 Å². The number of hydrogen-bond donors (Lipinski definition) is 1. The van der Waals surface area contributed by atoms with Crippen LogP contribution in [0.15, 0.2) is 0 Å². The van der Waals surface area contributed by atoms with E-state index in [2.05, 4.69) is 15.3 Å². The summed E-state index contributed by atoms with van der Waals surface area (Å²) in [4.78, 5) is 9.06. The van der Waals surface area contributed by atoms with Gasteiger partial charge in [0.1, 0.15) is 11.6 Å². The topological polar surface area (TPSA) is 47.0 Å². The van der Waals surface area contributed by atoms with Gasteiger partial charge in [-0.2, -0.15) is 0 Å². The Labute approximate surface area is 90.1 Å². The number of nitrogens with zero attached hydrogens (tertiary/aromatic N) is 2. The first kappa shape index (κ1) is 10.4. The predicted molar refractivity (Wildman–Crippen MR) is 59.2 cm³/mol. The molecule has 1 unspecified atom stereocenters. The number of aromatic nitrogens is 2. The summed E-state index contributed by atoms with van der Waals surface area (Å²) < 4.78 is 5.35. The minimum atomic E-state index is 0.372. The van der Waals surface area contributed by atoms with Crippen LogP contribution in [0.3, 0.4) is 0 Å². The predicted octanol–water partition coefficient (Wildman–Crippen LogP) is 1.64. The molecule has 0 bridgehead atoms. The van der Waals surface area contributed by atoms with Gasteiger partial charge in [0.2, 0.25) is 0 Å². The second kappa shape index (κ2) is 4.14. The van der Waals surface area contributed by atoms with Crippen LogP contribution in [0.25, 0.3) is 0 Å². The van der Waals surface area contributed by atoms with E-state index < -0.39 is 0 Å². The van der Waals surface area contributed by atoms with Gasteiger partial charge >= 0.3 is 0 Å². The van der Waals surface area contributed by atoms with Crippen molar-refractivity contribution in [2.75, 3.05) is 25.6 Å². The number of hydrogen-bond acceptors (Lipinski definition) is 4. The molecule has 82 valence electrons. The number of ether oxygens (including phenoxy) is 1. The molecular weight excluding hydrogens is 190 g/mol. The zero-order valence-electron chi connectivity index (χ0n) is 9.50. The molecule has 0 saturated carbocycles. The lowest BCUT2D eigenvalue weighted by molar-refractivity contribution is 0.193. The van der Waals surface area contributed by atoms with Crippen LogP contribution in [0.4, 0.5) is 5.82 Å². The van der Waals surface area contributed by atoms with E-state index in [9.17, 15) is 0 Å². The monoisotopic (exact) mass is 207 g/mol. The third-order valence-corrected chi connectivity index (χ3v) is 2.94. The van der Waals surface area contributed by atoms with Crippen molar-refractivity contribution in [3.8, 4) is 0 Å². The molecule has 1 aliphatic rings. The molecule has 0 spiro atoms. The maximum absolute atomic E-state index is 5.35. The van der Waals surface area contributed by atoms with Crippen molar-refractivity contribution >= 4 is 5.82 Å². The molecule has 1 saturated heterocycles. The fourth-order valence-electron chi connectivity index (χ4n) is 1.81. The molecule has 1 aromatic heterocycles. The number of nitrogens with one attached hydrogen (secondary N) is 1. The van der Waals surface area contributed by atoms with E-state index in [1.165, 1.54) is 0 Å². The number of anilines is 1. The summed E-state index contributed by atoms with van der Waals surface area (Å²) in [6.07, 6.45) is 1.03. The Balaban J connectivity index is 2.35. The largest absolute Gasteiger partial charge is 0.381 e. The quantitative estimate of drug-likeness (QED) is 0.800. The molecule has 1 aromatic rings. The molecule has 1 atom stereocenters. The highest BCUT2D eigenvalue weighted by Crippen LogP contribution is 2.25. The zero-order chi connectivity index (χ0) is 10.8. The molecule has 1 fully saturated rings. The highest BCUT2D eigenvalue weighted by atomic mass is 16.5. The molecule has 4 heteroatoms. The van der Waals surface area contributed by atoms with Crippen LogP contribution in [0.2, 0.25) is 0 Å². The summed E-state index contributed by atoms with van der Waals surface area (Å²) in [5.74, 6) is 2.22. The summed E-state index contributed by atoms with van der Waals surface area (Å²) in [6, 6.07) is 0. The van der Waals surface area contributed by atoms with Crippen LogP contribution >= 0.6 is 0 Å². The molecule has 0 aromatic carbocycles. The first-order chi connectivity index (χ1) is 7.22. The maximum Gasteiger partial charge on any atom is 0.136 e. The molecule has 0 amide bonds. The fraction of sp³-hybridized carbons (Fsp3) is 0.636. The second-order valence-corrected chi connectivity index (χ2v) is 3.95. The van der Waals surface area contributed by atoms with Crippen molar-refractivity contribution in [2.24, 2.45) is 0 Å². The molecule has 4 nitrogen and oxygen atoms in total. The molecule has 15 heavy (non-hydrogen) atoms. The van der Waals surface area contributed by atoms with Gasteiger partial charge in [-0.05, 0) is 20.3 Å². The Kier molecular flexibility index (Phi) is 2.86. The van der Waals surface area contributed by atoms with Crippen molar-refractivity contribution in [3.05, 3.63) is 17.1 Å². The van der Waals surface area contributed by atoms with Crippen molar-refractivity contribution in [1.29, 1.82) is 0 Å². The van der Waals surface area contributed by atoms with Gasteiger partial charge in [-0.25, -0.2) is 9.97 Å². The van der Waals surface area contributed by atoms with Crippen LogP contribution in [0.5, 0.6) is 0 Å². The molecule has 2 rings (SSSR count). The summed E-state index contributed by atoms with van der Waals surface area (Å²) in [6.45, 7) is 5.65. The molecule has 0 radical (unpaired) electrons. The lowest BCUT2D eigenvalue weighted by Crippen LogP contribution is -2.09. The van der Waals surface area contributed by atoms with E-state index in [1.54, 1.807) is 0 Å². The Morgan fingerprint density at radius 3 is 2.73 bits per heavy atom. The van der Waals surface area contributed by atoms with Crippen LogP contribution in [-0.2, 0) is 4.74 Å². The molecule has 2 heterocycles. The van der Waals surface area contributed by atoms with Gasteiger partial charge in [0, 0.05) is 30.8 Å². The van der Waals surface area contributed by atoms with Crippen molar-refractivity contribution in [3.63, 3.8) is 0 Å². The van der Waals surface area contributed by atoms with Crippen LogP contribution < -0.4 is 5.32 Å². The fourth-order valence-corrected chi connectivity index (χ4v) is 1.81. The normalized spacial score (nSPS) is 20.6. The molecule has 1 N–H and O–H groups in total. The first-order valence-corrected chi connectivity index (χ1v) is 5.33. The number of rotatable bonds is 2. The molecular formula is C11H17N3O. The Bertz CT molecular complexity index is 359. The van der Waals surface area contributed by atoms with Gasteiger partial charge in [-0.3, -0.25) is 0 Å². The smallest absolute Gasteiger partial charge is 0.136 e. The average molecular weight is 207 g/mol. The Hall–Kier alpha value is -1.16. The van der Waals surface area contributed by atoms with E-state index in [0.717, 1.165) is 42.5 Å². The summed E-state index contributed by atoms with van der Waals surface area (Å²) >= 11 is 0. The van der Waals surface area contributed by atoms with Gasteiger partial charge in [0.05, 0.1) is 6.61 Å². The van der Waals surface area contributed by atoms with E-state index >= 15 is 0 Å². The highest BCUT2D eigenvalue weighted by Gasteiger charge is 2.21. The third-order valence-electron chi connectivity index (χ3n) is 2.94. The SMILES string of the molecule is CNc1nc(C2CCOC2)nc(C)c1C. The summed E-state index contributed by atoms with van der Waals surface area (Å²) in [5, 5.41) is 3.11. The number of aryl methyl sites for hydroxylation is 1. The lowest BCUT2D eigenvalue weighted by Gasteiger charge is -2.12. The van der Waals surface area contributed by atoms with E-state index in [1.807, 2.05) is 20.9 Å². The molecule has 0 aliphatic carbocycles. The third kappa shape index (κ3) is 1.95. The standard InChI is InChI=1S/C11H17N3O/c1-7-8(2)13-11(14-10(7)12-3)9-4-5-15-6-9/h9H,4-6H2,1-3H3,(H,12,13,14). The van der Waals surface area contributed by atoms with Gasteiger partial charge in [-0.1, -0.05) is 0 Å². The van der Waals surface area contributed by atoms with Crippen LogP contribution in [-0.4, -0.2) is 30.2 Å². The average Bonchev–Trinajstić information content (AvgIpc) is 2.75. The second-order valence-electron chi connectivity index (χ2n) is 3.95. The zero-order valence-corrected chi connectivity index (χ0v) is 9.50. The Morgan fingerprint density at radius 1 is 1.33 bits per heavy atom. The van der Waals surface area contributed by atoms with E-state index in [4.69, 9.17) is 4.74 Å². The minimum Gasteiger partial charge on any atom is -0.381 e. The van der Waals surface area contributed by atoms with Gasteiger partial charge < -0.3 is 10.1 Å². The van der Waals surface area contributed by atoms with Crippen molar-refractivity contribution < 1.29 is 4.74 Å². The molecule has 1 aliphatic heterocycles. The summed E-state index contributed by atoms with van der Waals surface area (Å²) in [7, 11) is 1.89. The first-order valence-electron chi connectivity index (χ1n) is 5.33. The van der Waals surface area contributed by atoms with Crippen molar-refractivity contribution in [1.82, 2.24) is 9.97 Å². The maximum atomic E-state index is 5.35. The lowest BCUT2D eigenvalue weighted by atomic mass is 10.1. The minimum absolute atomic E-state index is 0.372. The Morgan fingerprint density at radius 2 is 2.13 bits per heavy atom. The van der Waals surface area contributed by atoms with Crippen LogP contribution in [0.1, 0.15) is 29.4 Å². The van der Waals surface area contributed by atoms with Crippen molar-refractivity contribution in [2.45, 2.75) is 26.2 Å². The summed E-state index contributed by atoms with van der Waals surface area (Å²) in [5.41, 5.74) is 2.18. The van der Waals surface area contributed by atoms with E-state index in [0.29, 0.717) is 5.92 Å². The van der Waals surface area contributed by atoms with Gasteiger partial charge in [-0.15, -0.1) is 0 Å². The van der Waals surface area contributed by atoms with E-state index in [-0.39, 0.29) is 0 Å². The highest BCUT2D eigenvalue weighted by molar-refractivity contribution is 5.45.